The molecule has 0 bridgehead atoms. The minimum Gasteiger partial charge on any atom is -0.491 e. The van der Waals surface area contributed by atoms with Gasteiger partial charge in [-0.05, 0) is 12.1 Å². The number of aliphatic hydroxyl groups is 2. The van der Waals surface area contributed by atoms with Crippen LogP contribution in [0, 0.1) is 0 Å². The topological polar surface area (TPSA) is 83.0 Å². The van der Waals surface area contributed by atoms with E-state index in [4.69, 9.17) is 19.7 Å². The second kappa shape index (κ2) is 12.3. The van der Waals surface area contributed by atoms with Crippen LogP contribution >= 0.6 is 0 Å². The summed E-state index contributed by atoms with van der Waals surface area (Å²) in [6.07, 6.45) is 0. The fourth-order valence-corrected chi connectivity index (χ4v) is 2.52. The first kappa shape index (κ1) is 20.2. The van der Waals surface area contributed by atoms with E-state index in [1.807, 2.05) is 48.5 Å². The van der Waals surface area contributed by atoms with E-state index in [-0.39, 0.29) is 13.2 Å². The van der Waals surface area contributed by atoms with E-state index >= 15 is 0 Å². The van der Waals surface area contributed by atoms with E-state index in [0.717, 1.165) is 35.7 Å². The van der Waals surface area contributed by atoms with Gasteiger partial charge in [-0.3, -0.25) is 0 Å². The number of nitrogens with one attached hydrogen (secondary N) is 2. The predicted octanol–water partition coefficient (Wildman–Crippen LogP) is 1.31. The highest BCUT2D eigenvalue weighted by molar-refractivity contribution is 5.34. The van der Waals surface area contributed by atoms with Gasteiger partial charge in [-0.2, -0.15) is 0 Å². The van der Waals surface area contributed by atoms with Crippen molar-refractivity contribution >= 4 is 0 Å². The highest BCUT2D eigenvalue weighted by Crippen LogP contribution is 2.18. The molecule has 0 unspecified atom stereocenters. The fourth-order valence-electron chi connectivity index (χ4n) is 2.52. The van der Waals surface area contributed by atoms with Gasteiger partial charge in [0.15, 0.2) is 0 Å². The van der Waals surface area contributed by atoms with Crippen LogP contribution in [0.4, 0.5) is 0 Å². The molecule has 4 N–H and O–H groups in total. The van der Waals surface area contributed by atoms with Gasteiger partial charge in [0.25, 0.3) is 0 Å². The van der Waals surface area contributed by atoms with Gasteiger partial charge in [0, 0.05) is 37.3 Å². The molecule has 0 fully saturated rings. The van der Waals surface area contributed by atoms with Crippen LogP contribution in [0.15, 0.2) is 48.5 Å². The minimum absolute atomic E-state index is 0.00910. The maximum absolute atomic E-state index is 8.88. The third-order valence-electron chi connectivity index (χ3n) is 3.75. The van der Waals surface area contributed by atoms with Gasteiger partial charge in [0.05, 0.1) is 13.2 Å². The molecule has 2 aromatic rings. The zero-order chi connectivity index (χ0) is 18.5. The first-order chi connectivity index (χ1) is 12.8. The van der Waals surface area contributed by atoms with Crippen LogP contribution in [0.1, 0.15) is 11.1 Å². The fraction of sp³-hybridized carbons (Fsp3) is 0.400. The van der Waals surface area contributed by atoms with E-state index in [1.54, 1.807) is 0 Å². The largest absolute Gasteiger partial charge is 0.491 e. The molecular formula is C20H28N2O4. The Balaban J connectivity index is 1.69. The van der Waals surface area contributed by atoms with Crippen LogP contribution < -0.4 is 20.1 Å². The molecule has 2 aromatic carbocycles. The lowest BCUT2D eigenvalue weighted by Crippen LogP contribution is -2.27. The molecule has 0 amide bonds. The zero-order valence-corrected chi connectivity index (χ0v) is 15.0. The number of aliphatic hydroxyl groups excluding tert-OH is 2. The van der Waals surface area contributed by atoms with Crippen LogP contribution in [0.5, 0.6) is 11.5 Å². The summed E-state index contributed by atoms with van der Waals surface area (Å²) in [4.78, 5) is 0. The van der Waals surface area contributed by atoms with Crippen molar-refractivity contribution in [1.29, 1.82) is 0 Å². The van der Waals surface area contributed by atoms with E-state index in [2.05, 4.69) is 10.6 Å². The molecule has 0 aliphatic carbocycles. The summed E-state index contributed by atoms with van der Waals surface area (Å²) in [5, 5.41) is 24.5. The van der Waals surface area contributed by atoms with E-state index < -0.39 is 0 Å². The van der Waals surface area contributed by atoms with Gasteiger partial charge in [-0.15, -0.1) is 0 Å². The molecule has 0 spiro atoms. The Morgan fingerprint density at radius 1 is 0.654 bits per heavy atom. The molecule has 0 saturated carbocycles. The van der Waals surface area contributed by atoms with Gasteiger partial charge >= 0.3 is 0 Å². The van der Waals surface area contributed by atoms with Crippen LogP contribution in [0.2, 0.25) is 0 Å². The summed E-state index contributed by atoms with van der Waals surface area (Å²) < 4.78 is 11.1. The van der Waals surface area contributed by atoms with Crippen LogP contribution in [-0.4, -0.2) is 49.7 Å². The number of benzene rings is 2. The minimum atomic E-state index is 0.00910. The highest BCUT2D eigenvalue weighted by Gasteiger charge is 2.03. The molecule has 0 radical (unpaired) electrons. The zero-order valence-electron chi connectivity index (χ0n) is 15.0. The lowest BCUT2D eigenvalue weighted by molar-refractivity contribution is 0.200. The molecule has 0 saturated heterocycles. The van der Waals surface area contributed by atoms with Crippen molar-refractivity contribution in [2.75, 3.05) is 39.5 Å². The second-order valence-electron chi connectivity index (χ2n) is 5.71. The Hall–Kier alpha value is -2.12. The van der Waals surface area contributed by atoms with Crippen molar-refractivity contribution in [2.24, 2.45) is 0 Å². The monoisotopic (exact) mass is 360 g/mol. The van der Waals surface area contributed by atoms with Crippen molar-refractivity contribution in [3.8, 4) is 11.5 Å². The van der Waals surface area contributed by atoms with E-state index in [0.29, 0.717) is 26.3 Å². The lowest BCUT2D eigenvalue weighted by Gasteiger charge is -2.13. The van der Waals surface area contributed by atoms with Gasteiger partial charge in [0.1, 0.15) is 24.7 Å². The maximum Gasteiger partial charge on any atom is 0.123 e. The van der Waals surface area contributed by atoms with Crippen molar-refractivity contribution in [3.05, 3.63) is 59.7 Å². The molecule has 0 aliphatic heterocycles. The standard InChI is InChI=1S/C20H28N2O4/c23-11-13-25-19-7-3-1-5-17(19)15-21-9-10-22-16-18-6-2-4-8-20(18)26-14-12-24/h1-8,21-24H,9-16H2. The number of rotatable bonds is 13. The van der Waals surface area contributed by atoms with Gasteiger partial charge in [-0.25, -0.2) is 0 Å². The number of para-hydroxylation sites is 2. The van der Waals surface area contributed by atoms with Crippen LogP contribution in [0.25, 0.3) is 0 Å². The summed E-state index contributed by atoms with van der Waals surface area (Å²) in [5.41, 5.74) is 2.15. The van der Waals surface area contributed by atoms with Crippen LogP contribution in [0.3, 0.4) is 0 Å². The summed E-state index contributed by atoms with van der Waals surface area (Å²) in [6, 6.07) is 15.7. The maximum atomic E-state index is 8.88. The quantitative estimate of drug-likeness (QED) is 0.403. The summed E-state index contributed by atoms with van der Waals surface area (Å²) in [6.45, 7) is 3.66. The Bertz CT molecular complexity index is 581. The average molecular weight is 360 g/mol. The van der Waals surface area contributed by atoms with Crippen molar-refractivity contribution in [2.45, 2.75) is 13.1 Å². The molecule has 6 heteroatoms. The molecule has 0 atom stereocenters. The molecule has 142 valence electrons. The number of hydrogen-bond donors (Lipinski definition) is 4. The average Bonchev–Trinajstić information content (AvgIpc) is 2.69. The lowest BCUT2D eigenvalue weighted by atomic mass is 10.2. The summed E-state index contributed by atoms with van der Waals surface area (Å²) in [7, 11) is 0. The molecular weight excluding hydrogens is 332 g/mol. The highest BCUT2D eigenvalue weighted by atomic mass is 16.5. The van der Waals surface area contributed by atoms with E-state index in [9.17, 15) is 0 Å². The van der Waals surface area contributed by atoms with E-state index in [1.165, 1.54) is 0 Å². The SMILES string of the molecule is OCCOc1ccccc1CNCCNCc1ccccc1OCCO. The third kappa shape index (κ3) is 7.01. The molecule has 0 aliphatic rings. The Kier molecular flexibility index (Phi) is 9.53. The Morgan fingerprint density at radius 3 is 1.50 bits per heavy atom. The number of hydrogen-bond acceptors (Lipinski definition) is 6. The van der Waals surface area contributed by atoms with Crippen molar-refractivity contribution in [1.82, 2.24) is 10.6 Å². The predicted molar refractivity (Wildman–Crippen MR) is 101 cm³/mol. The Morgan fingerprint density at radius 2 is 1.08 bits per heavy atom. The molecule has 0 aromatic heterocycles. The molecule has 2 rings (SSSR count). The van der Waals surface area contributed by atoms with Gasteiger partial charge < -0.3 is 30.3 Å². The van der Waals surface area contributed by atoms with Crippen molar-refractivity contribution in [3.63, 3.8) is 0 Å². The smallest absolute Gasteiger partial charge is 0.123 e. The van der Waals surface area contributed by atoms with Gasteiger partial charge in [0.2, 0.25) is 0 Å². The third-order valence-corrected chi connectivity index (χ3v) is 3.75. The van der Waals surface area contributed by atoms with Gasteiger partial charge in [-0.1, -0.05) is 36.4 Å². The second-order valence-corrected chi connectivity index (χ2v) is 5.71. The molecule has 6 nitrogen and oxygen atoms in total. The first-order valence-electron chi connectivity index (χ1n) is 8.89. The first-order valence-corrected chi connectivity index (χ1v) is 8.89. The summed E-state index contributed by atoms with van der Waals surface area (Å²) in [5.74, 6) is 1.61. The number of ether oxygens (including phenoxy) is 2. The van der Waals surface area contributed by atoms with Crippen molar-refractivity contribution < 1.29 is 19.7 Å². The summed E-state index contributed by atoms with van der Waals surface area (Å²) >= 11 is 0. The van der Waals surface area contributed by atoms with Crippen LogP contribution in [-0.2, 0) is 13.1 Å². The molecule has 26 heavy (non-hydrogen) atoms. The molecule has 0 heterocycles. The normalized spacial score (nSPS) is 10.7. The Labute approximate surface area is 154 Å².